The van der Waals surface area contributed by atoms with E-state index in [1.165, 1.54) is 12.1 Å². The van der Waals surface area contributed by atoms with Crippen molar-refractivity contribution in [2.75, 3.05) is 6.26 Å². The topological polar surface area (TPSA) is 100 Å². The Bertz CT molecular complexity index is 1170. The third kappa shape index (κ3) is 3.55. The van der Waals surface area contributed by atoms with Gasteiger partial charge in [0.2, 0.25) is 11.7 Å². The molecule has 1 aromatic heterocycles. The molecule has 0 aliphatic carbocycles. The number of carbonyl (C=O) groups is 1. The Balaban J connectivity index is 2.28. The highest BCUT2D eigenvalue weighted by Gasteiger charge is 2.26. The number of aryl methyl sites for hydroxylation is 1. The van der Waals surface area contributed by atoms with E-state index in [1.54, 1.807) is 31.2 Å². The van der Waals surface area contributed by atoms with Crippen LogP contribution < -0.4 is 0 Å². The van der Waals surface area contributed by atoms with E-state index in [9.17, 15) is 18.3 Å². The molecule has 3 rings (SSSR count). The van der Waals surface area contributed by atoms with E-state index in [0.717, 1.165) is 6.26 Å². The number of H-pyrrole nitrogens is 1. The number of carbonyl (C=O) groups excluding carboxylic acids is 1. The monoisotopic (exact) mass is 418 g/mol. The zero-order valence-corrected chi connectivity index (χ0v) is 17.1. The van der Waals surface area contributed by atoms with Gasteiger partial charge in [-0.1, -0.05) is 30.7 Å². The van der Waals surface area contributed by atoms with Crippen LogP contribution in [0.5, 0.6) is 5.88 Å². The molecule has 0 bridgehead atoms. The van der Waals surface area contributed by atoms with Crippen LogP contribution in [-0.2, 0) is 16.3 Å². The van der Waals surface area contributed by atoms with Crippen molar-refractivity contribution in [3.63, 3.8) is 0 Å². The van der Waals surface area contributed by atoms with Crippen LogP contribution >= 0.6 is 11.6 Å². The minimum absolute atomic E-state index is 0.0970. The van der Waals surface area contributed by atoms with Gasteiger partial charge in [-0.05, 0) is 48.7 Å². The number of nitrogens with zero attached hydrogens (tertiary/aromatic N) is 1. The second-order valence-electron chi connectivity index (χ2n) is 6.47. The van der Waals surface area contributed by atoms with Gasteiger partial charge < -0.3 is 5.11 Å². The molecule has 0 unspecified atom stereocenters. The lowest BCUT2D eigenvalue weighted by molar-refractivity contribution is 0.103. The summed E-state index contributed by atoms with van der Waals surface area (Å²) in [5, 5.41) is 16.9. The van der Waals surface area contributed by atoms with E-state index < -0.39 is 15.6 Å². The van der Waals surface area contributed by atoms with Crippen molar-refractivity contribution in [2.24, 2.45) is 0 Å². The Morgan fingerprint density at radius 3 is 2.39 bits per heavy atom. The summed E-state index contributed by atoms with van der Waals surface area (Å²) in [4.78, 5) is 13.3. The number of aromatic amines is 1. The molecule has 0 aliphatic heterocycles. The van der Waals surface area contributed by atoms with Gasteiger partial charge in [0.15, 0.2) is 9.84 Å². The fourth-order valence-corrected chi connectivity index (χ4v) is 4.30. The van der Waals surface area contributed by atoms with Gasteiger partial charge in [-0.2, -0.15) is 5.10 Å². The van der Waals surface area contributed by atoms with E-state index >= 15 is 0 Å². The molecule has 3 aromatic rings. The quantitative estimate of drug-likeness (QED) is 0.611. The van der Waals surface area contributed by atoms with Crippen LogP contribution in [-0.4, -0.2) is 35.8 Å². The molecule has 0 spiro atoms. The molecule has 0 saturated carbocycles. The smallest absolute Gasteiger partial charge is 0.218 e. The highest BCUT2D eigenvalue weighted by molar-refractivity contribution is 7.90. The molecule has 146 valence electrons. The molecule has 0 fully saturated rings. The van der Waals surface area contributed by atoms with Gasteiger partial charge in [0.1, 0.15) is 5.56 Å². The highest BCUT2D eigenvalue weighted by Crippen LogP contribution is 2.35. The normalized spacial score (nSPS) is 11.6. The molecular formula is C20H19ClN2O4S. The second kappa shape index (κ2) is 7.41. The molecular weight excluding hydrogens is 400 g/mol. The number of sulfone groups is 1. The van der Waals surface area contributed by atoms with Crippen molar-refractivity contribution < 1.29 is 18.3 Å². The number of aromatic nitrogens is 2. The molecule has 0 saturated heterocycles. The average Bonchev–Trinajstić information content (AvgIpc) is 3.01. The lowest BCUT2D eigenvalue weighted by Gasteiger charge is -2.15. The lowest BCUT2D eigenvalue weighted by atomic mass is 9.92. The Morgan fingerprint density at radius 2 is 1.82 bits per heavy atom. The zero-order chi connectivity index (χ0) is 20.6. The van der Waals surface area contributed by atoms with E-state index in [-0.39, 0.29) is 16.3 Å². The molecule has 1 heterocycles. The molecule has 0 atom stereocenters. The van der Waals surface area contributed by atoms with Crippen LogP contribution in [0.25, 0.3) is 11.1 Å². The molecule has 0 aliphatic rings. The third-order valence-electron chi connectivity index (χ3n) is 4.59. The number of benzene rings is 2. The summed E-state index contributed by atoms with van der Waals surface area (Å²) >= 11 is 5.96. The SMILES string of the molecule is CCc1n[nH]c(O)c1C(=O)c1ccc(S(C)(=O)=O)c(-c2ccc(Cl)cc2)c1C. The summed E-state index contributed by atoms with van der Waals surface area (Å²) in [7, 11) is -3.54. The van der Waals surface area contributed by atoms with Crippen molar-refractivity contribution in [2.45, 2.75) is 25.2 Å². The van der Waals surface area contributed by atoms with E-state index in [0.29, 0.717) is 39.4 Å². The number of ketones is 1. The predicted octanol–water partition coefficient (Wildman–Crippen LogP) is 3.94. The number of hydrogen-bond donors (Lipinski definition) is 2. The number of rotatable bonds is 5. The molecule has 0 radical (unpaired) electrons. The number of aromatic hydroxyl groups is 1. The van der Waals surface area contributed by atoms with Crippen LogP contribution in [0.2, 0.25) is 5.02 Å². The van der Waals surface area contributed by atoms with Crippen LogP contribution in [0.4, 0.5) is 0 Å². The van der Waals surface area contributed by atoms with Crippen LogP contribution in [0.1, 0.15) is 34.1 Å². The molecule has 8 heteroatoms. The summed E-state index contributed by atoms with van der Waals surface area (Å²) in [5.41, 5.74) is 2.40. The standard InChI is InChI=1S/C20H19ClN2O4S/c1-4-15-18(20(25)23-22-15)19(24)14-9-10-16(28(3,26)27)17(11(14)2)12-5-7-13(21)8-6-12/h5-10H,4H2,1-3H3,(H2,22,23,25). The van der Waals surface area contributed by atoms with Gasteiger partial charge >= 0.3 is 0 Å². The van der Waals surface area contributed by atoms with Gasteiger partial charge in [-0.3, -0.25) is 4.79 Å². The van der Waals surface area contributed by atoms with Crippen LogP contribution in [0, 0.1) is 6.92 Å². The highest BCUT2D eigenvalue weighted by atomic mass is 35.5. The Labute approximate surface area is 168 Å². The fourth-order valence-electron chi connectivity index (χ4n) is 3.22. The molecule has 0 amide bonds. The fraction of sp³-hybridized carbons (Fsp3) is 0.200. The van der Waals surface area contributed by atoms with Crippen LogP contribution in [0.3, 0.4) is 0 Å². The van der Waals surface area contributed by atoms with Gasteiger partial charge in [-0.15, -0.1) is 0 Å². The maximum Gasteiger partial charge on any atom is 0.218 e. The Morgan fingerprint density at radius 1 is 1.18 bits per heavy atom. The first-order chi connectivity index (χ1) is 13.1. The van der Waals surface area contributed by atoms with Crippen molar-refractivity contribution in [1.82, 2.24) is 10.2 Å². The molecule has 6 nitrogen and oxygen atoms in total. The summed E-state index contributed by atoms with van der Waals surface area (Å²) in [6, 6.07) is 9.63. The van der Waals surface area contributed by atoms with Gasteiger partial charge in [0.05, 0.1) is 10.6 Å². The Hall–Kier alpha value is -2.64. The predicted molar refractivity (Wildman–Crippen MR) is 108 cm³/mol. The first kappa shape index (κ1) is 20.1. The summed E-state index contributed by atoms with van der Waals surface area (Å²) in [6.45, 7) is 3.51. The number of nitrogens with one attached hydrogen (secondary N) is 1. The molecule has 2 aromatic carbocycles. The zero-order valence-electron chi connectivity index (χ0n) is 15.6. The summed E-state index contributed by atoms with van der Waals surface area (Å²) in [5.74, 6) is -0.725. The van der Waals surface area contributed by atoms with Crippen molar-refractivity contribution >= 4 is 27.2 Å². The van der Waals surface area contributed by atoms with Crippen molar-refractivity contribution in [3.8, 4) is 17.0 Å². The average molecular weight is 419 g/mol. The van der Waals surface area contributed by atoms with Crippen molar-refractivity contribution in [3.05, 3.63) is 63.8 Å². The Kier molecular flexibility index (Phi) is 5.32. The summed E-state index contributed by atoms with van der Waals surface area (Å²) in [6.07, 6.45) is 1.59. The maximum atomic E-state index is 13.1. The summed E-state index contributed by atoms with van der Waals surface area (Å²) < 4.78 is 24.7. The minimum Gasteiger partial charge on any atom is -0.493 e. The third-order valence-corrected chi connectivity index (χ3v) is 5.98. The molecule has 2 N–H and O–H groups in total. The molecule has 28 heavy (non-hydrogen) atoms. The lowest BCUT2D eigenvalue weighted by Crippen LogP contribution is -2.10. The first-order valence-electron chi connectivity index (χ1n) is 8.55. The van der Waals surface area contributed by atoms with Gasteiger partial charge in [0.25, 0.3) is 0 Å². The number of halogens is 1. The second-order valence-corrected chi connectivity index (χ2v) is 8.89. The van der Waals surface area contributed by atoms with E-state index in [4.69, 9.17) is 11.6 Å². The van der Waals surface area contributed by atoms with Gasteiger partial charge in [0, 0.05) is 22.4 Å². The van der Waals surface area contributed by atoms with Crippen LogP contribution in [0.15, 0.2) is 41.3 Å². The van der Waals surface area contributed by atoms with Gasteiger partial charge in [-0.25, -0.2) is 13.5 Å². The van der Waals surface area contributed by atoms with Crippen molar-refractivity contribution in [1.29, 1.82) is 0 Å². The first-order valence-corrected chi connectivity index (χ1v) is 10.8. The number of hydrogen-bond acceptors (Lipinski definition) is 5. The van der Waals surface area contributed by atoms with E-state index in [1.807, 2.05) is 6.92 Å². The largest absolute Gasteiger partial charge is 0.493 e. The van der Waals surface area contributed by atoms with E-state index in [2.05, 4.69) is 10.2 Å². The minimum atomic E-state index is -3.54. The maximum absolute atomic E-state index is 13.1.